The maximum atomic E-state index is 17.1. The van der Waals surface area contributed by atoms with Gasteiger partial charge in [0.15, 0.2) is 5.82 Å². The van der Waals surface area contributed by atoms with E-state index in [1.807, 2.05) is 4.90 Å². The number of hydrogen-bond donors (Lipinski definition) is 1. The van der Waals surface area contributed by atoms with Crippen LogP contribution in [0.4, 0.5) is 14.6 Å². The average molecular weight is 692 g/mol. The van der Waals surface area contributed by atoms with Gasteiger partial charge in [-0.2, -0.15) is 15.2 Å². The van der Waals surface area contributed by atoms with Crippen LogP contribution in [0, 0.1) is 35.3 Å². The van der Waals surface area contributed by atoms with Crippen LogP contribution >= 0.6 is 0 Å². The zero-order valence-corrected chi connectivity index (χ0v) is 28.8. The predicted octanol–water partition coefficient (Wildman–Crippen LogP) is 5.35. The van der Waals surface area contributed by atoms with E-state index in [0.717, 1.165) is 38.8 Å². The van der Waals surface area contributed by atoms with Crippen molar-refractivity contribution in [1.29, 1.82) is 5.26 Å². The highest BCUT2D eigenvalue weighted by atomic mass is 19.1. The van der Waals surface area contributed by atoms with Crippen LogP contribution < -0.4 is 9.64 Å². The molecule has 0 radical (unpaired) electrons. The molecule has 4 aromatic rings. The van der Waals surface area contributed by atoms with Gasteiger partial charge in [0.25, 0.3) is 0 Å². The van der Waals surface area contributed by atoms with E-state index < -0.39 is 23.3 Å². The summed E-state index contributed by atoms with van der Waals surface area (Å²) in [5.74, 6) is 0.907. The van der Waals surface area contributed by atoms with Gasteiger partial charge in [0, 0.05) is 37.3 Å². The summed E-state index contributed by atoms with van der Waals surface area (Å²) in [7, 11) is 1.62. The lowest BCUT2D eigenvalue weighted by atomic mass is 9.91. The molecule has 2 atom stereocenters. The summed E-state index contributed by atoms with van der Waals surface area (Å²) < 4.78 is 38.5. The molecule has 3 aliphatic rings. The zero-order valence-electron chi connectivity index (χ0n) is 28.8. The smallest absolute Gasteiger partial charge is 0.319 e. The normalized spacial score (nSPS) is 21.5. The fourth-order valence-electron chi connectivity index (χ4n) is 8.33. The minimum atomic E-state index is -1.23. The molecule has 5 heterocycles. The summed E-state index contributed by atoms with van der Waals surface area (Å²) in [6.45, 7) is 8.27. The number of carbonyl (C=O) groups is 1. The van der Waals surface area contributed by atoms with Crippen molar-refractivity contribution in [2.24, 2.45) is 0 Å². The molecule has 7 rings (SSSR count). The number of aliphatic hydroxyl groups is 1. The lowest BCUT2D eigenvalue weighted by Gasteiger charge is -2.39. The standard InChI is InChI=1S/C39H39F2N7O3/c1-5-26-29(40)11-10-25-18-24(20-42)19-27(32(25)26)34-33(41)35-28(21-43-34)36(45-37(44-35)51-23-39-13-8-16-48(39)17-9-14-39)47-15-7-12-38(3,50)30(22-47)46(4)31(49)6-2/h1,6,10-11,18-19,21,30,50H,2,7-9,12-17,22-23H2,3-4H3. The van der Waals surface area contributed by atoms with Gasteiger partial charge in [-0.1, -0.05) is 18.6 Å². The Labute approximate surface area is 295 Å². The van der Waals surface area contributed by atoms with E-state index in [1.54, 1.807) is 20.0 Å². The van der Waals surface area contributed by atoms with Crippen molar-refractivity contribution >= 4 is 33.4 Å². The maximum absolute atomic E-state index is 17.1. The number of nitriles is 1. The average Bonchev–Trinajstić information content (AvgIpc) is 3.67. The largest absolute Gasteiger partial charge is 0.461 e. The van der Waals surface area contributed by atoms with Crippen LogP contribution in [0.25, 0.3) is 32.9 Å². The Morgan fingerprint density at radius 2 is 1.94 bits per heavy atom. The molecule has 1 N–H and O–H groups in total. The van der Waals surface area contributed by atoms with Crippen LogP contribution in [0.5, 0.6) is 6.01 Å². The molecule has 0 spiro atoms. The first-order valence-electron chi connectivity index (χ1n) is 17.2. The molecule has 0 saturated carbocycles. The van der Waals surface area contributed by atoms with Crippen molar-refractivity contribution in [3.8, 4) is 35.7 Å². The number of halogens is 2. The van der Waals surface area contributed by atoms with Crippen molar-refractivity contribution in [2.75, 3.05) is 44.7 Å². The summed E-state index contributed by atoms with van der Waals surface area (Å²) >= 11 is 0. The Hall–Kier alpha value is -5.17. The minimum absolute atomic E-state index is 0.0178. The number of likely N-dealkylation sites (N-methyl/N-ethyl adjacent to an activating group) is 1. The number of anilines is 1. The molecule has 1 amide bonds. The van der Waals surface area contributed by atoms with E-state index in [-0.39, 0.29) is 62.7 Å². The van der Waals surface area contributed by atoms with Crippen molar-refractivity contribution in [1.82, 2.24) is 24.8 Å². The van der Waals surface area contributed by atoms with Crippen LogP contribution in [0.15, 0.2) is 43.1 Å². The quantitative estimate of drug-likeness (QED) is 0.202. The number of rotatable bonds is 7. The first kappa shape index (κ1) is 34.3. The Kier molecular flexibility index (Phi) is 8.86. The lowest BCUT2D eigenvalue weighted by Crippen LogP contribution is -2.55. The van der Waals surface area contributed by atoms with E-state index in [1.165, 1.54) is 35.4 Å². The molecule has 2 aromatic carbocycles. The van der Waals surface area contributed by atoms with Gasteiger partial charge in [0.05, 0.1) is 39.8 Å². The topological polar surface area (TPSA) is 119 Å². The molecule has 0 bridgehead atoms. The van der Waals surface area contributed by atoms with Crippen LogP contribution in [0.2, 0.25) is 0 Å². The number of fused-ring (bicyclic) bond motifs is 3. The molecule has 12 heteroatoms. The molecule has 3 aliphatic heterocycles. The van der Waals surface area contributed by atoms with Crippen molar-refractivity contribution < 1.29 is 23.4 Å². The van der Waals surface area contributed by atoms with Crippen molar-refractivity contribution in [2.45, 2.75) is 62.6 Å². The lowest BCUT2D eigenvalue weighted by molar-refractivity contribution is -0.132. The number of hydrogen-bond acceptors (Lipinski definition) is 9. The molecular weight excluding hydrogens is 652 g/mol. The molecule has 2 unspecified atom stereocenters. The van der Waals surface area contributed by atoms with Gasteiger partial charge in [-0.25, -0.2) is 8.78 Å². The Balaban J connectivity index is 1.41. The highest BCUT2D eigenvalue weighted by molar-refractivity contribution is 6.03. The third-order valence-electron chi connectivity index (χ3n) is 11.0. The second-order valence-corrected chi connectivity index (χ2v) is 14.1. The number of aromatic nitrogens is 3. The Bertz CT molecular complexity index is 2150. The summed E-state index contributed by atoms with van der Waals surface area (Å²) in [5.41, 5.74) is -1.30. The number of ether oxygens (including phenoxy) is 1. The molecule has 262 valence electrons. The molecule has 10 nitrogen and oxygen atoms in total. The highest BCUT2D eigenvalue weighted by Gasteiger charge is 2.45. The SMILES string of the molecule is C#Cc1c(F)ccc2cc(C#N)cc(-c3ncc4c(N5CCCC(C)(O)C(N(C)C(=O)C=C)C5)nc(OCC56CCCN5CCC6)nc4c3F)c12. The predicted molar refractivity (Wildman–Crippen MR) is 190 cm³/mol. The van der Waals surface area contributed by atoms with E-state index in [2.05, 4.69) is 33.4 Å². The number of benzene rings is 2. The molecular formula is C39H39F2N7O3. The number of pyridine rings is 1. The van der Waals surface area contributed by atoms with Crippen LogP contribution in [-0.2, 0) is 4.79 Å². The summed E-state index contributed by atoms with van der Waals surface area (Å²) in [6, 6.07) is 7.15. The highest BCUT2D eigenvalue weighted by Crippen LogP contribution is 2.41. The van der Waals surface area contributed by atoms with E-state index in [9.17, 15) is 15.2 Å². The molecule has 3 saturated heterocycles. The van der Waals surface area contributed by atoms with Crippen molar-refractivity contribution in [3.05, 3.63) is 65.9 Å². The minimum Gasteiger partial charge on any atom is -0.461 e. The third kappa shape index (κ3) is 5.92. The van der Waals surface area contributed by atoms with Crippen LogP contribution in [-0.4, -0.2) is 92.8 Å². The number of nitrogens with zero attached hydrogens (tertiary/aromatic N) is 7. The van der Waals surface area contributed by atoms with Gasteiger partial charge in [0.2, 0.25) is 5.91 Å². The van der Waals surface area contributed by atoms with Crippen LogP contribution in [0.1, 0.15) is 56.6 Å². The van der Waals surface area contributed by atoms with E-state index in [4.69, 9.17) is 16.1 Å². The molecule has 51 heavy (non-hydrogen) atoms. The number of carbonyl (C=O) groups excluding carboxylic acids is 1. The summed E-state index contributed by atoms with van der Waals surface area (Å²) in [4.78, 5) is 32.6. The van der Waals surface area contributed by atoms with Gasteiger partial charge in [0.1, 0.15) is 29.5 Å². The third-order valence-corrected chi connectivity index (χ3v) is 11.0. The number of terminal acetylenes is 1. The first-order chi connectivity index (χ1) is 24.5. The Morgan fingerprint density at radius 3 is 2.65 bits per heavy atom. The Morgan fingerprint density at radius 1 is 1.20 bits per heavy atom. The first-order valence-corrected chi connectivity index (χ1v) is 17.2. The van der Waals surface area contributed by atoms with Gasteiger partial charge in [-0.15, -0.1) is 6.42 Å². The zero-order chi connectivity index (χ0) is 36.1. The van der Waals surface area contributed by atoms with Gasteiger partial charge >= 0.3 is 6.01 Å². The molecule has 3 fully saturated rings. The van der Waals surface area contributed by atoms with E-state index in [0.29, 0.717) is 37.2 Å². The summed E-state index contributed by atoms with van der Waals surface area (Å²) in [5, 5.41) is 22.3. The fraction of sp³-hybridized carbons (Fsp3) is 0.410. The second-order valence-electron chi connectivity index (χ2n) is 14.1. The van der Waals surface area contributed by atoms with Crippen molar-refractivity contribution in [3.63, 3.8) is 0 Å². The molecule has 0 aliphatic carbocycles. The van der Waals surface area contributed by atoms with Gasteiger partial charge in [-0.05, 0) is 88.2 Å². The van der Waals surface area contributed by atoms with Crippen LogP contribution in [0.3, 0.4) is 0 Å². The second kappa shape index (κ2) is 13.2. The number of amides is 1. The molecule has 2 aromatic heterocycles. The van der Waals surface area contributed by atoms with E-state index >= 15 is 8.78 Å². The summed E-state index contributed by atoms with van der Waals surface area (Å²) in [6.07, 6.45) is 13.5. The van der Waals surface area contributed by atoms with Gasteiger partial charge in [-0.3, -0.25) is 14.7 Å². The van der Waals surface area contributed by atoms with Gasteiger partial charge < -0.3 is 19.6 Å². The monoisotopic (exact) mass is 691 g/mol. The fourth-order valence-corrected chi connectivity index (χ4v) is 8.33. The maximum Gasteiger partial charge on any atom is 0.319 e.